The molecule has 2 heteroatoms. The Kier molecular flexibility index (Phi) is 4.17. The fourth-order valence-corrected chi connectivity index (χ4v) is 0.308. The molecule has 0 aromatic heterocycles. The van der Waals surface area contributed by atoms with Crippen LogP contribution in [0, 0.1) is 0 Å². The summed E-state index contributed by atoms with van der Waals surface area (Å²) in [4.78, 5) is 9.71. The molecule has 0 saturated carbocycles. The van der Waals surface area contributed by atoms with Gasteiger partial charge in [0.15, 0.2) is 0 Å². The molecular formula is C6H11NO. The van der Waals surface area contributed by atoms with Gasteiger partial charge in [0.1, 0.15) is 6.29 Å². The van der Waals surface area contributed by atoms with Gasteiger partial charge in [-0.2, -0.15) is 0 Å². The van der Waals surface area contributed by atoms with E-state index in [0.29, 0.717) is 6.04 Å². The molecular weight excluding hydrogens is 102 g/mol. The van der Waals surface area contributed by atoms with E-state index < -0.39 is 0 Å². The largest absolute Gasteiger partial charge is 0.314 e. The number of aldehydes is 1. The van der Waals surface area contributed by atoms with Gasteiger partial charge in [0.05, 0.1) is 0 Å². The smallest absolute Gasteiger partial charge is 0.142 e. The molecule has 8 heavy (non-hydrogen) atoms. The van der Waals surface area contributed by atoms with Gasteiger partial charge in [-0.3, -0.25) is 4.79 Å². The zero-order chi connectivity index (χ0) is 6.41. The van der Waals surface area contributed by atoms with Crippen LogP contribution in [0.5, 0.6) is 0 Å². The molecule has 0 aromatic rings. The first kappa shape index (κ1) is 7.37. The third-order valence-electron chi connectivity index (χ3n) is 0.934. The van der Waals surface area contributed by atoms with Crippen LogP contribution in [0.1, 0.15) is 6.92 Å². The minimum atomic E-state index is 0.292. The van der Waals surface area contributed by atoms with Crippen molar-refractivity contribution >= 4 is 6.29 Å². The Bertz CT molecular complexity index is 88.5. The molecule has 0 radical (unpaired) electrons. The summed E-state index contributed by atoms with van der Waals surface area (Å²) in [6.07, 6.45) is 4.06. The molecule has 46 valence electrons. The lowest BCUT2D eigenvalue weighted by Crippen LogP contribution is -2.17. The molecule has 0 aliphatic heterocycles. The highest BCUT2D eigenvalue weighted by atomic mass is 16.1. The van der Waals surface area contributed by atoms with Gasteiger partial charge in [0.25, 0.3) is 0 Å². The molecule has 0 aliphatic carbocycles. The number of likely N-dealkylation sites (N-methyl/N-ethyl adjacent to an activating group) is 1. The fourth-order valence-electron chi connectivity index (χ4n) is 0.308. The fraction of sp³-hybridized carbons (Fsp3) is 0.500. The second-order valence-electron chi connectivity index (χ2n) is 1.60. The van der Waals surface area contributed by atoms with E-state index >= 15 is 0 Å². The lowest BCUT2D eigenvalue weighted by atomic mass is 10.3. The van der Waals surface area contributed by atoms with Crippen LogP contribution in [0.2, 0.25) is 0 Å². The number of hydrogen-bond donors (Lipinski definition) is 1. The lowest BCUT2D eigenvalue weighted by Gasteiger charge is -1.99. The summed E-state index contributed by atoms with van der Waals surface area (Å²) < 4.78 is 0. The summed E-state index contributed by atoms with van der Waals surface area (Å²) in [6, 6.07) is 0.292. The van der Waals surface area contributed by atoms with Gasteiger partial charge in [0, 0.05) is 6.04 Å². The molecule has 0 bridgehead atoms. The topological polar surface area (TPSA) is 29.1 Å². The summed E-state index contributed by atoms with van der Waals surface area (Å²) >= 11 is 0. The van der Waals surface area contributed by atoms with E-state index in [4.69, 9.17) is 0 Å². The Morgan fingerprint density at radius 3 is 2.62 bits per heavy atom. The standard InChI is InChI=1S/C6H11NO/c1-6(7-2)4-3-5-8/h3-7H,1-2H3/b4-3+. The maximum absolute atomic E-state index is 9.71. The maximum Gasteiger partial charge on any atom is 0.142 e. The highest BCUT2D eigenvalue weighted by Crippen LogP contribution is 1.78. The van der Waals surface area contributed by atoms with Gasteiger partial charge in [0.2, 0.25) is 0 Å². The summed E-state index contributed by atoms with van der Waals surface area (Å²) in [5, 5.41) is 2.95. The van der Waals surface area contributed by atoms with Crippen molar-refractivity contribution in [3.8, 4) is 0 Å². The van der Waals surface area contributed by atoms with Gasteiger partial charge < -0.3 is 5.32 Å². The Morgan fingerprint density at radius 2 is 2.25 bits per heavy atom. The summed E-state index contributed by atoms with van der Waals surface area (Å²) in [6.45, 7) is 1.97. The predicted octanol–water partition coefficient (Wildman–Crippen LogP) is 0.349. The van der Waals surface area contributed by atoms with Gasteiger partial charge in [-0.05, 0) is 20.0 Å². The van der Waals surface area contributed by atoms with E-state index in [-0.39, 0.29) is 0 Å². The van der Waals surface area contributed by atoms with E-state index in [0.717, 1.165) is 6.29 Å². The van der Waals surface area contributed by atoms with Gasteiger partial charge >= 0.3 is 0 Å². The average Bonchev–Trinajstić information content (AvgIpc) is 1.83. The first-order valence-corrected chi connectivity index (χ1v) is 2.60. The van der Waals surface area contributed by atoms with Crippen LogP contribution < -0.4 is 5.32 Å². The third-order valence-corrected chi connectivity index (χ3v) is 0.934. The zero-order valence-electron chi connectivity index (χ0n) is 5.22. The van der Waals surface area contributed by atoms with Crippen LogP contribution in [0.15, 0.2) is 12.2 Å². The summed E-state index contributed by atoms with van der Waals surface area (Å²) in [5.41, 5.74) is 0. The molecule has 0 rings (SSSR count). The Hall–Kier alpha value is -0.630. The zero-order valence-corrected chi connectivity index (χ0v) is 5.22. The number of hydrogen-bond acceptors (Lipinski definition) is 2. The highest BCUT2D eigenvalue weighted by molar-refractivity contribution is 5.64. The van der Waals surface area contributed by atoms with Crippen LogP contribution in [0.25, 0.3) is 0 Å². The van der Waals surface area contributed by atoms with Crippen molar-refractivity contribution in [3.05, 3.63) is 12.2 Å². The summed E-state index contributed by atoms with van der Waals surface area (Å²) in [7, 11) is 1.85. The molecule has 0 aromatic carbocycles. The van der Waals surface area contributed by atoms with Crippen molar-refractivity contribution < 1.29 is 4.79 Å². The first-order chi connectivity index (χ1) is 3.81. The molecule has 0 heterocycles. The third kappa shape index (κ3) is 3.56. The second-order valence-corrected chi connectivity index (χ2v) is 1.60. The average molecular weight is 113 g/mol. The highest BCUT2D eigenvalue weighted by Gasteiger charge is 1.85. The molecule has 0 aliphatic rings. The van der Waals surface area contributed by atoms with Crippen molar-refractivity contribution in [2.45, 2.75) is 13.0 Å². The second kappa shape index (κ2) is 4.53. The molecule has 1 unspecified atom stereocenters. The van der Waals surface area contributed by atoms with Crippen molar-refractivity contribution in [2.24, 2.45) is 0 Å². The van der Waals surface area contributed by atoms with Crippen molar-refractivity contribution in [2.75, 3.05) is 7.05 Å². The summed E-state index contributed by atoms with van der Waals surface area (Å²) in [5.74, 6) is 0. The van der Waals surface area contributed by atoms with Crippen LogP contribution >= 0.6 is 0 Å². The van der Waals surface area contributed by atoms with Gasteiger partial charge in [-0.1, -0.05) is 6.08 Å². The maximum atomic E-state index is 9.71. The van der Waals surface area contributed by atoms with Crippen molar-refractivity contribution in [1.29, 1.82) is 0 Å². The van der Waals surface area contributed by atoms with Crippen LogP contribution in [0.3, 0.4) is 0 Å². The Balaban J connectivity index is 3.35. The molecule has 0 spiro atoms. The molecule has 2 nitrogen and oxygen atoms in total. The number of carbonyl (C=O) groups is 1. The van der Waals surface area contributed by atoms with Crippen LogP contribution in [-0.4, -0.2) is 19.4 Å². The Labute approximate surface area is 49.6 Å². The molecule has 0 amide bonds. The minimum Gasteiger partial charge on any atom is -0.314 e. The van der Waals surface area contributed by atoms with E-state index in [2.05, 4.69) is 5.32 Å². The quantitative estimate of drug-likeness (QED) is 0.422. The Morgan fingerprint density at radius 1 is 1.62 bits per heavy atom. The SMILES string of the molecule is CNC(C)/C=C/C=O. The normalized spacial score (nSPS) is 14.2. The molecule has 0 fully saturated rings. The molecule has 1 atom stereocenters. The minimum absolute atomic E-state index is 0.292. The monoisotopic (exact) mass is 113 g/mol. The van der Waals surface area contributed by atoms with E-state index in [1.807, 2.05) is 14.0 Å². The van der Waals surface area contributed by atoms with Crippen LogP contribution in [0.4, 0.5) is 0 Å². The van der Waals surface area contributed by atoms with Crippen LogP contribution in [-0.2, 0) is 4.79 Å². The number of nitrogens with one attached hydrogen (secondary N) is 1. The number of allylic oxidation sites excluding steroid dienone is 1. The number of carbonyl (C=O) groups excluding carboxylic acids is 1. The van der Waals surface area contributed by atoms with Crippen molar-refractivity contribution in [1.82, 2.24) is 5.32 Å². The molecule has 1 N–H and O–H groups in total. The predicted molar refractivity (Wildman–Crippen MR) is 33.7 cm³/mol. The first-order valence-electron chi connectivity index (χ1n) is 2.60. The van der Waals surface area contributed by atoms with E-state index in [1.165, 1.54) is 6.08 Å². The van der Waals surface area contributed by atoms with Gasteiger partial charge in [-0.25, -0.2) is 0 Å². The lowest BCUT2D eigenvalue weighted by molar-refractivity contribution is -0.104. The molecule has 0 saturated heterocycles. The van der Waals surface area contributed by atoms with E-state index in [1.54, 1.807) is 6.08 Å². The van der Waals surface area contributed by atoms with Crippen molar-refractivity contribution in [3.63, 3.8) is 0 Å². The van der Waals surface area contributed by atoms with E-state index in [9.17, 15) is 4.79 Å². The number of rotatable bonds is 3. The van der Waals surface area contributed by atoms with Gasteiger partial charge in [-0.15, -0.1) is 0 Å².